The molecule has 1 unspecified atom stereocenters. The normalized spacial score (nSPS) is 12.9. The highest BCUT2D eigenvalue weighted by Crippen LogP contribution is 2.28. The number of ether oxygens (including phenoxy) is 2. The number of rotatable bonds is 15. The van der Waals surface area contributed by atoms with E-state index in [9.17, 15) is 4.79 Å². The van der Waals surface area contributed by atoms with Gasteiger partial charge in [0.1, 0.15) is 6.79 Å². The van der Waals surface area contributed by atoms with Crippen molar-refractivity contribution in [1.82, 2.24) is 0 Å². The van der Waals surface area contributed by atoms with Crippen LogP contribution in [0.15, 0.2) is 24.3 Å². The fraction of sp³-hybridized carbons (Fsp3) is 0.650. The van der Waals surface area contributed by atoms with Gasteiger partial charge in [0.25, 0.3) is 0 Å². The van der Waals surface area contributed by atoms with Crippen LogP contribution in [0.2, 0.25) is 5.02 Å². The lowest BCUT2D eigenvalue weighted by atomic mass is 10.0. The van der Waals surface area contributed by atoms with E-state index in [0.29, 0.717) is 6.42 Å². The summed E-state index contributed by atoms with van der Waals surface area (Å²) in [6, 6.07) is 7.96. The summed E-state index contributed by atoms with van der Waals surface area (Å²) in [4.78, 5) is 10.9. The highest BCUT2D eigenvalue weighted by molar-refractivity contribution is 6.57. The minimum atomic E-state index is -1.69. The average molecular weight is 440 g/mol. The summed E-state index contributed by atoms with van der Waals surface area (Å²) in [5.74, 6) is -1.19. The first-order valence-corrected chi connectivity index (χ1v) is 10.4. The van der Waals surface area contributed by atoms with Gasteiger partial charge in [-0.25, -0.2) is 4.79 Å². The number of unbranched alkanes of at least 4 members (excludes halogenated alkanes) is 3. The number of aliphatic carboxylic acids is 1. The molecule has 0 aliphatic heterocycles. The van der Waals surface area contributed by atoms with Crippen LogP contribution in [0.25, 0.3) is 0 Å². The Labute approximate surface area is 177 Å². The molecule has 0 saturated carbocycles. The molecule has 1 atom stereocenters. The molecule has 0 aliphatic carbocycles. The molecule has 0 radical (unpaired) electrons. The molecule has 1 N–H and O–H groups in total. The van der Waals surface area contributed by atoms with Gasteiger partial charge in [-0.15, -0.1) is 0 Å². The van der Waals surface area contributed by atoms with Crippen molar-refractivity contribution < 1.29 is 19.4 Å². The molecule has 0 heterocycles. The lowest BCUT2D eigenvalue weighted by Gasteiger charge is -2.18. The van der Waals surface area contributed by atoms with E-state index in [1.165, 1.54) is 5.56 Å². The first-order valence-electron chi connectivity index (χ1n) is 9.31. The maximum absolute atomic E-state index is 10.9. The Hall–Kier alpha value is -0.520. The van der Waals surface area contributed by atoms with Gasteiger partial charge in [0, 0.05) is 12.1 Å². The van der Waals surface area contributed by atoms with Gasteiger partial charge in [0.05, 0.1) is 6.10 Å². The van der Waals surface area contributed by atoms with E-state index in [4.69, 9.17) is 49.4 Å². The van der Waals surface area contributed by atoms with Crippen LogP contribution in [0.1, 0.15) is 56.9 Å². The maximum Gasteiger partial charge on any atom is 0.340 e. The first-order chi connectivity index (χ1) is 12.8. The number of aryl methyl sites for hydroxylation is 1. The van der Waals surface area contributed by atoms with Gasteiger partial charge in [-0.3, -0.25) is 0 Å². The molecular formula is C20H29Cl3O4. The average Bonchev–Trinajstić information content (AvgIpc) is 2.63. The van der Waals surface area contributed by atoms with Crippen LogP contribution < -0.4 is 0 Å². The van der Waals surface area contributed by atoms with Crippen molar-refractivity contribution in [3.8, 4) is 0 Å². The number of benzene rings is 1. The van der Waals surface area contributed by atoms with Crippen molar-refractivity contribution >= 4 is 40.8 Å². The van der Waals surface area contributed by atoms with Crippen LogP contribution in [0.5, 0.6) is 0 Å². The number of carbonyl (C=O) groups is 1. The van der Waals surface area contributed by atoms with Crippen molar-refractivity contribution in [3.05, 3.63) is 34.9 Å². The molecular weight excluding hydrogens is 411 g/mol. The van der Waals surface area contributed by atoms with Gasteiger partial charge in [-0.2, -0.15) is 0 Å². The van der Waals surface area contributed by atoms with Crippen molar-refractivity contribution in [2.75, 3.05) is 13.9 Å². The van der Waals surface area contributed by atoms with Gasteiger partial charge in [-0.05, 0) is 56.2 Å². The summed E-state index contributed by atoms with van der Waals surface area (Å²) in [6.07, 6.45) is 7.94. The van der Waals surface area contributed by atoms with Crippen LogP contribution in [-0.2, 0) is 20.7 Å². The lowest BCUT2D eigenvalue weighted by Crippen LogP contribution is -2.25. The number of carboxylic acids is 1. The quantitative estimate of drug-likeness (QED) is 0.199. The molecule has 0 bridgehead atoms. The summed E-state index contributed by atoms with van der Waals surface area (Å²) in [5, 5.41) is 9.66. The number of hydrogen-bond donors (Lipinski definition) is 1. The third-order valence-corrected chi connectivity index (χ3v) is 5.36. The minimum absolute atomic E-state index is 0.145. The molecule has 154 valence electrons. The zero-order valence-electron chi connectivity index (χ0n) is 15.8. The highest BCUT2D eigenvalue weighted by atomic mass is 35.5. The zero-order chi connectivity index (χ0) is 20.1. The van der Waals surface area contributed by atoms with E-state index in [0.717, 1.165) is 50.0 Å². The van der Waals surface area contributed by atoms with Crippen LogP contribution in [-0.4, -0.2) is 35.4 Å². The Morgan fingerprint density at radius 1 is 1.07 bits per heavy atom. The summed E-state index contributed by atoms with van der Waals surface area (Å²) in [5.41, 5.74) is 1.29. The number of methoxy groups -OCH3 is 1. The highest BCUT2D eigenvalue weighted by Gasteiger charge is 2.32. The summed E-state index contributed by atoms with van der Waals surface area (Å²) >= 11 is 17.4. The molecule has 7 heteroatoms. The third-order valence-electron chi connectivity index (χ3n) is 4.41. The molecule has 1 aromatic carbocycles. The topological polar surface area (TPSA) is 55.8 Å². The SMILES string of the molecule is COCOC(CCCCCC(Cl)(Cl)C(=O)O)CCCCc1ccc(Cl)cc1. The van der Waals surface area contributed by atoms with E-state index in [1.807, 2.05) is 12.1 Å². The van der Waals surface area contributed by atoms with E-state index in [2.05, 4.69) is 12.1 Å². The molecule has 0 saturated heterocycles. The van der Waals surface area contributed by atoms with Gasteiger partial charge < -0.3 is 14.6 Å². The molecule has 1 rings (SSSR count). The molecule has 0 aromatic heterocycles. The van der Waals surface area contributed by atoms with E-state index in [1.54, 1.807) is 7.11 Å². The summed E-state index contributed by atoms with van der Waals surface area (Å²) in [6.45, 7) is 0.285. The van der Waals surface area contributed by atoms with Crippen LogP contribution in [0.4, 0.5) is 0 Å². The number of carboxylic acid groups (broad SMARTS) is 1. The molecule has 27 heavy (non-hydrogen) atoms. The van der Waals surface area contributed by atoms with E-state index in [-0.39, 0.29) is 19.3 Å². The van der Waals surface area contributed by atoms with E-state index >= 15 is 0 Å². The summed E-state index contributed by atoms with van der Waals surface area (Å²) in [7, 11) is 1.62. The third kappa shape index (κ3) is 11.2. The van der Waals surface area contributed by atoms with Crippen molar-refractivity contribution in [2.24, 2.45) is 0 Å². The van der Waals surface area contributed by atoms with E-state index < -0.39 is 10.3 Å². The van der Waals surface area contributed by atoms with Crippen LogP contribution >= 0.6 is 34.8 Å². The predicted molar refractivity (Wildman–Crippen MR) is 111 cm³/mol. The second-order valence-corrected chi connectivity index (χ2v) is 8.60. The Morgan fingerprint density at radius 3 is 2.30 bits per heavy atom. The second kappa shape index (κ2) is 13.6. The van der Waals surface area contributed by atoms with Gasteiger partial charge in [-0.1, -0.05) is 66.2 Å². The zero-order valence-corrected chi connectivity index (χ0v) is 18.0. The van der Waals surface area contributed by atoms with Gasteiger partial charge in [0.15, 0.2) is 0 Å². The largest absolute Gasteiger partial charge is 0.479 e. The number of halogens is 3. The molecule has 0 amide bonds. The van der Waals surface area contributed by atoms with Crippen LogP contribution in [0.3, 0.4) is 0 Å². The van der Waals surface area contributed by atoms with Gasteiger partial charge >= 0.3 is 5.97 Å². The van der Waals surface area contributed by atoms with Crippen LogP contribution in [0, 0.1) is 0 Å². The molecule has 0 spiro atoms. The summed E-state index contributed by atoms with van der Waals surface area (Å²) < 4.78 is 9.09. The Kier molecular flexibility index (Phi) is 12.4. The first kappa shape index (κ1) is 24.5. The number of hydrogen-bond acceptors (Lipinski definition) is 3. The Bertz CT molecular complexity index is 535. The fourth-order valence-corrected chi connectivity index (χ4v) is 3.22. The fourth-order valence-electron chi connectivity index (χ4n) is 2.83. The van der Waals surface area contributed by atoms with Crippen molar-refractivity contribution in [1.29, 1.82) is 0 Å². The Balaban J connectivity index is 2.23. The predicted octanol–water partition coefficient (Wildman–Crippen LogP) is 6.25. The van der Waals surface area contributed by atoms with Gasteiger partial charge in [0.2, 0.25) is 4.33 Å². The molecule has 0 fully saturated rings. The molecule has 4 nitrogen and oxygen atoms in total. The Morgan fingerprint density at radius 2 is 1.70 bits per heavy atom. The van der Waals surface area contributed by atoms with Crippen molar-refractivity contribution in [2.45, 2.75) is 68.2 Å². The molecule has 0 aliphatic rings. The monoisotopic (exact) mass is 438 g/mol. The standard InChI is InChI=1S/C20H29Cl3O4/c1-26-15-27-18(8-3-2-6-14-20(22,23)19(24)25)9-5-4-7-16-10-12-17(21)13-11-16/h10-13,18H,2-9,14-15H2,1H3,(H,24,25). The maximum atomic E-state index is 10.9. The van der Waals surface area contributed by atoms with Crippen molar-refractivity contribution in [3.63, 3.8) is 0 Å². The second-order valence-electron chi connectivity index (χ2n) is 6.68. The lowest BCUT2D eigenvalue weighted by molar-refractivity contribution is -0.138. The number of alkyl halides is 2. The smallest absolute Gasteiger partial charge is 0.340 e. The minimum Gasteiger partial charge on any atom is -0.479 e. The molecule has 1 aromatic rings.